The molecule has 1 aromatic carbocycles. The van der Waals surface area contributed by atoms with E-state index in [4.69, 9.17) is 5.73 Å². The zero-order valence-corrected chi connectivity index (χ0v) is 12.9. The van der Waals surface area contributed by atoms with E-state index in [9.17, 15) is 4.79 Å². The molecular formula is C16H19N3OS. The Morgan fingerprint density at radius 1 is 1.38 bits per heavy atom. The van der Waals surface area contributed by atoms with Crippen molar-refractivity contribution in [3.63, 3.8) is 0 Å². The number of thiophene rings is 1. The quantitative estimate of drug-likeness (QED) is 0.916. The maximum atomic E-state index is 12.2. The van der Waals surface area contributed by atoms with Crippen molar-refractivity contribution in [3.05, 3.63) is 46.3 Å². The SMILES string of the molecule is CCNC(=O)c1c(N)sc2c1CCN(c1ccccc1)C2. The van der Waals surface area contributed by atoms with E-state index < -0.39 is 0 Å². The number of benzene rings is 1. The van der Waals surface area contributed by atoms with Crippen molar-refractivity contribution >= 4 is 27.9 Å². The molecule has 0 spiro atoms. The zero-order chi connectivity index (χ0) is 14.8. The van der Waals surface area contributed by atoms with Gasteiger partial charge in [0, 0.05) is 23.7 Å². The lowest BCUT2D eigenvalue weighted by Crippen LogP contribution is -2.31. The molecule has 0 radical (unpaired) electrons. The number of rotatable bonds is 3. The second kappa shape index (κ2) is 5.77. The van der Waals surface area contributed by atoms with Gasteiger partial charge in [-0.3, -0.25) is 4.79 Å². The molecule has 0 atom stereocenters. The van der Waals surface area contributed by atoms with Crippen LogP contribution in [0.25, 0.3) is 0 Å². The van der Waals surface area contributed by atoms with Gasteiger partial charge in [0.05, 0.1) is 17.1 Å². The maximum absolute atomic E-state index is 12.2. The summed E-state index contributed by atoms with van der Waals surface area (Å²) < 4.78 is 0. The number of fused-ring (bicyclic) bond motifs is 1. The van der Waals surface area contributed by atoms with Crippen LogP contribution in [-0.4, -0.2) is 19.0 Å². The predicted molar refractivity (Wildman–Crippen MR) is 87.9 cm³/mol. The van der Waals surface area contributed by atoms with Gasteiger partial charge in [0.2, 0.25) is 0 Å². The van der Waals surface area contributed by atoms with Crippen LogP contribution in [0.2, 0.25) is 0 Å². The second-order valence-electron chi connectivity index (χ2n) is 5.11. The fourth-order valence-electron chi connectivity index (χ4n) is 2.78. The first-order valence-electron chi connectivity index (χ1n) is 7.19. The number of anilines is 2. The fraction of sp³-hybridized carbons (Fsp3) is 0.312. The molecule has 0 saturated carbocycles. The van der Waals surface area contributed by atoms with Crippen LogP contribution in [0.15, 0.2) is 30.3 Å². The van der Waals surface area contributed by atoms with E-state index in [0.29, 0.717) is 17.1 Å². The molecule has 0 unspecified atom stereocenters. The zero-order valence-electron chi connectivity index (χ0n) is 12.1. The molecule has 0 aliphatic carbocycles. The molecule has 2 aromatic rings. The third-order valence-corrected chi connectivity index (χ3v) is 4.82. The van der Waals surface area contributed by atoms with Crippen molar-refractivity contribution in [2.45, 2.75) is 19.9 Å². The molecule has 4 nitrogen and oxygen atoms in total. The third kappa shape index (κ3) is 2.61. The number of hydrogen-bond donors (Lipinski definition) is 2. The summed E-state index contributed by atoms with van der Waals surface area (Å²) in [6, 6.07) is 10.4. The fourth-order valence-corrected chi connectivity index (χ4v) is 3.91. The largest absolute Gasteiger partial charge is 0.390 e. The van der Waals surface area contributed by atoms with E-state index in [1.807, 2.05) is 25.1 Å². The third-order valence-electron chi connectivity index (χ3n) is 3.77. The van der Waals surface area contributed by atoms with E-state index in [1.54, 1.807) is 11.3 Å². The summed E-state index contributed by atoms with van der Waals surface area (Å²) in [6.45, 7) is 4.29. The Morgan fingerprint density at radius 2 is 2.14 bits per heavy atom. The summed E-state index contributed by atoms with van der Waals surface area (Å²) in [5.74, 6) is -0.0411. The van der Waals surface area contributed by atoms with Gasteiger partial charge in [-0.05, 0) is 31.0 Å². The Hall–Kier alpha value is -2.01. The van der Waals surface area contributed by atoms with E-state index in [-0.39, 0.29) is 5.91 Å². The van der Waals surface area contributed by atoms with Crippen LogP contribution in [0.1, 0.15) is 27.7 Å². The van der Waals surface area contributed by atoms with Gasteiger partial charge in [0.15, 0.2) is 0 Å². The van der Waals surface area contributed by atoms with Gasteiger partial charge in [0.1, 0.15) is 0 Å². The van der Waals surface area contributed by atoms with Gasteiger partial charge in [-0.1, -0.05) is 18.2 Å². The number of para-hydroxylation sites is 1. The number of nitrogens with zero attached hydrogens (tertiary/aromatic N) is 1. The number of nitrogens with one attached hydrogen (secondary N) is 1. The lowest BCUT2D eigenvalue weighted by Gasteiger charge is -2.29. The molecule has 21 heavy (non-hydrogen) atoms. The van der Waals surface area contributed by atoms with E-state index in [0.717, 1.165) is 25.1 Å². The molecule has 3 rings (SSSR count). The summed E-state index contributed by atoms with van der Waals surface area (Å²) in [4.78, 5) is 15.7. The average molecular weight is 301 g/mol. The highest BCUT2D eigenvalue weighted by atomic mass is 32.1. The smallest absolute Gasteiger partial charge is 0.254 e. The normalized spacial score (nSPS) is 13.9. The minimum atomic E-state index is -0.0411. The highest BCUT2D eigenvalue weighted by Gasteiger charge is 2.26. The van der Waals surface area contributed by atoms with Gasteiger partial charge >= 0.3 is 0 Å². The number of hydrogen-bond acceptors (Lipinski definition) is 4. The summed E-state index contributed by atoms with van der Waals surface area (Å²) in [5, 5.41) is 3.50. The number of nitrogens with two attached hydrogens (primary N) is 1. The van der Waals surface area contributed by atoms with E-state index in [2.05, 4.69) is 22.3 Å². The Kier molecular flexibility index (Phi) is 3.84. The summed E-state index contributed by atoms with van der Waals surface area (Å²) in [6.07, 6.45) is 0.865. The first-order chi connectivity index (χ1) is 10.2. The molecule has 1 aliphatic rings. The standard InChI is InChI=1S/C16H19N3OS/c1-2-18-16(20)14-12-8-9-19(10-13(12)21-15(14)17)11-6-4-3-5-7-11/h3-7H,2,8-10,17H2,1H3,(H,18,20). The molecule has 110 valence electrons. The van der Waals surface area contributed by atoms with Crippen LogP contribution in [0.5, 0.6) is 0 Å². The van der Waals surface area contributed by atoms with Crippen molar-refractivity contribution in [3.8, 4) is 0 Å². The molecule has 1 amide bonds. The topological polar surface area (TPSA) is 58.4 Å². The van der Waals surface area contributed by atoms with Crippen molar-refractivity contribution in [1.29, 1.82) is 0 Å². The van der Waals surface area contributed by atoms with Gasteiger partial charge in [-0.15, -0.1) is 11.3 Å². The van der Waals surface area contributed by atoms with Crippen LogP contribution in [0.4, 0.5) is 10.7 Å². The first-order valence-corrected chi connectivity index (χ1v) is 8.00. The predicted octanol–water partition coefficient (Wildman–Crippen LogP) is 2.64. The highest BCUT2D eigenvalue weighted by molar-refractivity contribution is 7.16. The van der Waals surface area contributed by atoms with Gasteiger partial charge in [-0.2, -0.15) is 0 Å². The monoisotopic (exact) mass is 301 g/mol. The van der Waals surface area contributed by atoms with Crippen molar-refractivity contribution in [2.24, 2.45) is 0 Å². The average Bonchev–Trinajstić information content (AvgIpc) is 2.83. The van der Waals surface area contributed by atoms with E-state index in [1.165, 1.54) is 10.6 Å². The van der Waals surface area contributed by atoms with Crippen molar-refractivity contribution in [2.75, 3.05) is 23.7 Å². The number of amides is 1. The molecule has 0 bridgehead atoms. The Morgan fingerprint density at radius 3 is 2.86 bits per heavy atom. The minimum absolute atomic E-state index is 0.0411. The molecule has 1 aromatic heterocycles. The number of carbonyl (C=O) groups excluding carboxylic acids is 1. The van der Waals surface area contributed by atoms with Crippen LogP contribution >= 0.6 is 11.3 Å². The molecule has 2 heterocycles. The minimum Gasteiger partial charge on any atom is -0.390 e. The number of nitrogen functional groups attached to an aromatic ring is 1. The Bertz CT molecular complexity index is 651. The Labute approximate surface area is 128 Å². The van der Waals surface area contributed by atoms with Crippen molar-refractivity contribution < 1.29 is 4.79 Å². The molecular weight excluding hydrogens is 282 g/mol. The van der Waals surface area contributed by atoms with Crippen LogP contribution in [-0.2, 0) is 13.0 Å². The van der Waals surface area contributed by atoms with Gasteiger partial charge in [0.25, 0.3) is 5.91 Å². The van der Waals surface area contributed by atoms with Crippen LogP contribution in [0.3, 0.4) is 0 Å². The summed E-state index contributed by atoms with van der Waals surface area (Å²) >= 11 is 1.54. The Balaban J connectivity index is 1.88. The molecule has 1 aliphatic heterocycles. The molecule has 0 saturated heterocycles. The lowest BCUT2D eigenvalue weighted by atomic mass is 10.0. The van der Waals surface area contributed by atoms with Gasteiger partial charge < -0.3 is 16.0 Å². The highest BCUT2D eigenvalue weighted by Crippen LogP contribution is 2.36. The first kappa shape index (κ1) is 13.9. The maximum Gasteiger partial charge on any atom is 0.254 e. The summed E-state index contributed by atoms with van der Waals surface area (Å²) in [7, 11) is 0. The molecule has 5 heteroatoms. The second-order valence-corrected chi connectivity index (χ2v) is 6.25. The van der Waals surface area contributed by atoms with Crippen LogP contribution < -0.4 is 16.0 Å². The van der Waals surface area contributed by atoms with Crippen molar-refractivity contribution in [1.82, 2.24) is 5.32 Å². The van der Waals surface area contributed by atoms with Crippen LogP contribution in [0, 0.1) is 0 Å². The van der Waals surface area contributed by atoms with E-state index >= 15 is 0 Å². The number of carbonyl (C=O) groups is 1. The summed E-state index contributed by atoms with van der Waals surface area (Å²) in [5.41, 5.74) is 9.13. The van der Waals surface area contributed by atoms with Gasteiger partial charge in [-0.25, -0.2) is 0 Å². The lowest BCUT2D eigenvalue weighted by molar-refractivity contribution is 0.0956. The molecule has 3 N–H and O–H groups in total. The molecule has 0 fully saturated rings.